The van der Waals surface area contributed by atoms with Gasteiger partial charge in [-0.1, -0.05) is 5.92 Å². The zero-order chi connectivity index (χ0) is 14.9. The van der Waals surface area contributed by atoms with E-state index in [4.69, 9.17) is 10.5 Å². The average molecular weight is 282 g/mol. The molecule has 0 aromatic carbocycles. The first-order chi connectivity index (χ1) is 9.41. The zero-order valence-corrected chi connectivity index (χ0v) is 11.3. The lowest BCUT2D eigenvalue weighted by Gasteiger charge is -2.34. The number of urea groups is 1. The van der Waals surface area contributed by atoms with Gasteiger partial charge in [-0.05, 0) is 13.8 Å². The van der Waals surface area contributed by atoms with Crippen molar-refractivity contribution in [1.82, 2.24) is 10.2 Å². The summed E-state index contributed by atoms with van der Waals surface area (Å²) >= 11 is 0. The Morgan fingerprint density at radius 1 is 1.75 bits per heavy atom. The van der Waals surface area contributed by atoms with E-state index in [1.54, 1.807) is 6.92 Å². The molecule has 8 heteroatoms. The van der Waals surface area contributed by atoms with Gasteiger partial charge < -0.3 is 26.0 Å². The second-order valence-electron chi connectivity index (χ2n) is 4.79. The van der Waals surface area contributed by atoms with Crippen LogP contribution in [0.3, 0.4) is 0 Å². The van der Waals surface area contributed by atoms with Crippen molar-refractivity contribution in [3.8, 4) is 11.8 Å². The van der Waals surface area contributed by atoms with Gasteiger partial charge in [-0.3, -0.25) is 9.89 Å². The molecule has 0 aromatic rings. The number of aliphatic imine (C=N–C) groups is 1. The zero-order valence-electron chi connectivity index (χ0n) is 11.3. The maximum Gasteiger partial charge on any atom is 0.326 e. The molecule has 2 rings (SSSR count). The van der Waals surface area contributed by atoms with Gasteiger partial charge in [-0.2, -0.15) is 0 Å². The first-order valence-electron chi connectivity index (χ1n) is 6.22. The molecule has 0 radical (unpaired) electrons. The lowest BCUT2D eigenvalue weighted by atomic mass is 9.89. The normalized spacial score (nSPS) is 38.1. The molecule has 110 valence electrons. The molecule has 2 heterocycles. The summed E-state index contributed by atoms with van der Waals surface area (Å²) in [5.74, 6) is 5.31. The predicted molar refractivity (Wildman–Crippen MR) is 70.4 cm³/mol. The Labute approximate surface area is 116 Å². The molecule has 0 aliphatic carbocycles. The molecule has 0 spiro atoms. The highest BCUT2D eigenvalue weighted by atomic mass is 16.6. The number of ether oxygens (including phenoxy) is 1. The van der Waals surface area contributed by atoms with Gasteiger partial charge in [0.05, 0.1) is 12.4 Å². The molecular weight excluding hydrogens is 264 g/mol. The number of aliphatic hydroxyl groups excluding tert-OH is 2. The van der Waals surface area contributed by atoms with E-state index in [-0.39, 0.29) is 6.67 Å². The number of nitrogens with one attached hydrogen (secondary N) is 1. The van der Waals surface area contributed by atoms with Crippen molar-refractivity contribution in [2.75, 3.05) is 6.67 Å². The van der Waals surface area contributed by atoms with Crippen LogP contribution in [0.4, 0.5) is 4.79 Å². The Morgan fingerprint density at radius 2 is 2.45 bits per heavy atom. The molecule has 0 saturated carbocycles. The van der Waals surface area contributed by atoms with Crippen LogP contribution in [-0.2, 0) is 4.74 Å². The number of rotatable bonds is 2. The van der Waals surface area contributed by atoms with Gasteiger partial charge in [0.15, 0.2) is 11.8 Å². The third kappa shape index (κ3) is 2.25. The third-order valence-electron chi connectivity index (χ3n) is 3.33. The van der Waals surface area contributed by atoms with E-state index in [1.807, 2.05) is 0 Å². The fourth-order valence-electron chi connectivity index (χ4n) is 2.33. The largest absolute Gasteiger partial charge is 0.391 e. The Bertz CT molecular complexity index is 484. The van der Waals surface area contributed by atoms with E-state index in [0.29, 0.717) is 0 Å². The van der Waals surface area contributed by atoms with Gasteiger partial charge in [0.2, 0.25) is 0 Å². The minimum Gasteiger partial charge on any atom is -0.391 e. The summed E-state index contributed by atoms with van der Waals surface area (Å²) < 4.78 is 5.56. The summed E-state index contributed by atoms with van der Waals surface area (Å²) in [5.41, 5.74) is 4.63. The summed E-state index contributed by atoms with van der Waals surface area (Å²) in [7, 11) is 0. The number of nitrogens with two attached hydrogens (primary N) is 1. The highest BCUT2D eigenvalue weighted by molar-refractivity contribution is 5.88. The van der Waals surface area contributed by atoms with Crippen molar-refractivity contribution >= 4 is 12.4 Å². The number of carbonyl (C=O) groups excluding carboxylic acids is 1. The van der Waals surface area contributed by atoms with Gasteiger partial charge >= 0.3 is 6.03 Å². The Kier molecular flexibility index (Phi) is 3.96. The smallest absolute Gasteiger partial charge is 0.326 e. The van der Waals surface area contributed by atoms with Crippen LogP contribution in [0.1, 0.15) is 13.8 Å². The molecule has 2 unspecified atom stereocenters. The van der Waals surface area contributed by atoms with Gasteiger partial charge in [-0.15, -0.1) is 5.92 Å². The first-order valence-corrected chi connectivity index (χ1v) is 6.22. The van der Waals surface area contributed by atoms with Crippen LogP contribution in [0.2, 0.25) is 0 Å². The Morgan fingerprint density at radius 3 is 3.00 bits per heavy atom. The van der Waals surface area contributed by atoms with Crippen molar-refractivity contribution in [3.05, 3.63) is 0 Å². The minimum absolute atomic E-state index is 0.168. The molecule has 20 heavy (non-hydrogen) atoms. The van der Waals surface area contributed by atoms with Crippen molar-refractivity contribution in [2.45, 2.75) is 43.9 Å². The number of nitrogens with zero attached hydrogens (tertiary/aromatic N) is 2. The van der Waals surface area contributed by atoms with Crippen molar-refractivity contribution in [1.29, 1.82) is 0 Å². The van der Waals surface area contributed by atoms with Gasteiger partial charge in [0, 0.05) is 0 Å². The summed E-state index contributed by atoms with van der Waals surface area (Å²) in [6.45, 7) is 3.21. The molecule has 5 atom stereocenters. The average Bonchev–Trinajstić information content (AvgIpc) is 2.64. The SMILES string of the molecule is CC#CC1(N)C(O)[C@@H]([C@@H](C)O)O[C@H]1N1C=NCNC1=O. The van der Waals surface area contributed by atoms with Crippen LogP contribution in [0.5, 0.6) is 0 Å². The van der Waals surface area contributed by atoms with Crippen LogP contribution in [-0.4, -0.2) is 64.2 Å². The van der Waals surface area contributed by atoms with E-state index in [9.17, 15) is 15.0 Å². The van der Waals surface area contributed by atoms with Gasteiger partial charge in [0.25, 0.3) is 0 Å². The van der Waals surface area contributed by atoms with E-state index in [0.717, 1.165) is 4.90 Å². The fraction of sp³-hybridized carbons (Fsp3) is 0.667. The molecule has 5 N–H and O–H groups in total. The molecule has 2 aliphatic heterocycles. The van der Waals surface area contributed by atoms with Crippen molar-refractivity contribution in [2.24, 2.45) is 10.7 Å². The summed E-state index contributed by atoms with van der Waals surface area (Å²) in [6.07, 6.45) is -2.87. The van der Waals surface area contributed by atoms with Crippen molar-refractivity contribution in [3.63, 3.8) is 0 Å². The molecule has 0 bridgehead atoms. The molecule has 1 fully saturated rings. The second-order valence-corrected chi connectivity index (χ2v) is 4.79. The maximum absolute atomic E-state index is 11.9. The van der Waals surface area contributed by atoms with E-state index < -0.39 is 36.1 Å². The van der Waals surface area contributed by atoms with Crippen LogP contribution in [0.25, 0.3) is 0 Å². The first kappa shape index (κ1) is 14.7. The van der Waals surface area contributed by atoms with Gasteiger partial charge in [0.1, 0.15) is 18.9 Å². The van der Waals surface area contributed by atoms with E-state index in [1.165, 1.54) is 13.3 Å². The lowest BCUT2D eigenvalue weighted by Crippen LogP contribution is -2.63. The predicted octanol–water partition coefficient (Wildman–Crippen LogP) is -1.82. The highest BCUT2D eigenvalue weighted by Crippen LogP contribution is 2.32. The monoisotopic (exact) mass is 282 g/mol. The number of hydrogen-bond acceptors (Lipinski definition) is 6. The summed E-state index contributed by atoms with van der Waals surface area (Å²) in [6, 6.07) is -0.448. The quantitative estimate of drug-likeness (QED) is 0.445. The number of hydrogen-bond donors (Lipinski definition) is 4. The second kappa shape index (κ2) is 5.38. The van der Waals surface area contributed by atoms with Crippen molar-refractivity contribution < 1.29 is 19.7 Å². The summed E-state index contributed by atoms with van der Waals surface area (Å²) in [5, 5.41) is 22.5. The Hall–Kier alpha value is -1.66. The van der Waals surface area contributed by atoms with Crippen LogP contribution < -0.4 is 11.1 Å². The topological polar surface area (TPSA) is 120 Å². The minimum atomic E-state index is -1.50. The molecule has 2 amide bonds. The Balaban J connectivity index is 2.38. The molecule has 8 nitrogen and oxygen atoms in total. The molecule has 1 saturated heterocycles. The van der Waals surface area contributed by atoms with Crippen LogP contribution in [0.15, 0.2) is 4.99 Å². The molecular formula is C12H18N4O4. The molecule has 2 aliphatic rings. The maximum atomic E-state index is 11.9. The number of carbonyl (C=O) groups is 1. The van der Waals surface area contributed by atoms with Gasteiger partial charge in [-0.25, -0.2) is 4.79 Å². The fourth-order valence-corrected chi connectivity index (χ4v) is 2.33. The van der Waals surface area contributed by atoms with Crippen LogP contribution in [0, 0.1) is 11.8 Å². The third-order valence-corrected chi connectivity index (χ3v) is 3.33. The number of amides is 2. The van der Waals surface area contributed by atoms with Crippen LogP contribution >= 0.6 is 0 Å². The standard InChI is InChI=1S/C12H18N4O4/c1-3-4-12(13)9(18)8(7(2)17)20-10(12)16-6-14-5-15-11(16)19/h6-10,17-18H,5,13H2,1-2H3,(H,15,19)/t7-,8-,9?,10-,12?/m1/s1. The lowest BCUT2D eigenvalue weighted by molar-refractivity contribution is -0.0788. The highest BCUT2D eigenvalue weighted by Gasteiger charge is 2.57. The molecule has 0 aromatic heterocycles. The number of aliphatic hydroxyl groups is 2. The van der Waals surface area contributed by atoms with E-state index in [2.05, 4.69) is 22.2 Å². The summed E-state index contributed by atoms with van der Waals surface area (Å²) in [4.78, 5) is 16.9. The van der Waals surface area contributed by atoms with E-state index >= 15 is 0 Å².